The number of nitriles is 1. The Balaban J connectivity index is 1.22. The highest BCUT2D eigenvalue weighted by atomic mass is 15.0. The Hall–Kier alpha value is -8.78. The van der Waals surface area contributed by atoms with E-state index in [1.807, 2.05) is 24.5 Å². The fourth-order valence-corrected chi connectivity index (χ4v) is 11.6. The highest BCUT2D eigenvalue weighted by molar-refractivity contribution is 6.14. The molecule has 12 aromatic rings. The quantitative estimate of drug-likeness (QED) is 0.160. The standard InChI is InChI=1S/C68H54N4/c1-40-9-21-54(44(5)29-40)50-17-25-58-59-26-18-51(55-22-10-41(2)30-45(55)6)34-63(59)71(62(58)33-50)66-38-70-39-67(68(66)49-15-13-48(37-69)14-16-49)72-64-35-52(56-23-11-42(3)31-46(56)7)19-27-60(64)61-28-20-53(36-65(61)72)57-24-12-43(4)32-47(57)8/h9-36,38-39H,1-8H3. The molecule has 0 amide bonds. The summed E-state index contributed by atoms with van der Waals surface area (Å²) in [6.07, 6.45) is 4.08. The summed E-state index contributed by atoms with van der Waals surface area (Å²) in [5, 5.41) is 14.8. The topological polar surface area (TPSA) is 46.5 Å². The Labute approximate surface area is 421 Å². The van der Waals surface area contributed by atoms with Crippen molar-refractivity contribution >= 4 is 43.6 Å². The number of aryl methyl sites for hydroxylation is 8. The molecule has 3 heterocycles. The first-order valence-corrected chi connectivity index (χ1v) is 24.9. The zero-order valence-corrected chi connectivity index (χ0v) is 42.1. The average Bonchev–Trinajstić information content (AvgIpc) is 3.87. The van der Waals surface area contributed by atoms with Crippen LogP contribution in [0.3, 0.4) is 0 Å². The van der Waals surface area contributed by atoms with E-state index in [2.05, 4.69) is 228 Å². The third-order valence-corrected chi connectivity index (χ3v) is 15.0. The van der Waals surface area contributed by atoms with Crippen LogP contribution in [0.15, 0.2) is 182 Å². The van der Waals surface area contributed by atoms with Crippen LogP contribution in [0.2, 0.25) is 0 Å². The van der Waals surface area contributed by atoms with Gasteiger partial charge in [0.1, 0.15) is 0 Å². The molecule has 4 heteroatoms. The Morgan fingerprint density at radius 2 is 0.625 bits per heavy atom. The van der Waals surface area contributed by atoms with Crippen LogP contribution >= 0.6 is 0 Å². The summed E-state index contributed by atoms with van der Waals surface area (Å²) in [7, 11) is 0. The minimum Gasteiger partial charge on any atom is -0.307 e. The van der Waals surface area contributed by atoms with Crippen molar-refractivity contribution < 1.29 is 0 Å². The molecule has 72 heavy (non-hydrogen) atoms. The molecule has 0 fully saturated rings. The molecular formula is C68H54N4. The minimum atomic E-state index is 0.608. The van der Waals surface area contributed by atoms with E-state index in [0.717, 1.165) is 88.4 Å². The molecule has 12 rings (SSSR count). The summed E-state index contributed by atoms with van der Waals surface area (Å²) >= 11 is 0. The van der Waals surface area contributed by atoms with E-state index < -0.39 is 0 Å². The van der Waals surface area contributed by atoms with Gasteiger partial charge in [0.2, 0.25) is 0 Å². The molecule has 3 aromatic heterocycles. The van der Waals surface area contributed by atoms with Gasteiger partial charge in [-0.3, -0.25) is 4.98 Å². The second-order valence-electron chi connectivity index (χ2n) is 20.1. The number of pyridine rings is 1. The molecule has 0 radical (unpaired) electrons. The van der Waals surface area contributed by atoms with Crippen molar-refractivity contribution in [3.8, 4) is 73.1 Å². The molecule has 0 saturated heterocycles. The molecule has 0 spiro atoms. The molecule has 9 aromatic carbocycles. The summed E-state index contributed by atoms with van der Waals surface area (Å²) in [4.78, 5) is 5.27. The van der Waals surface area contributed by atoms with Gasteiger partial charge < -0.3 is 9.13 Å². The van der Waals surface area contributed by atoms with E-state index in [9.17, 15) is 5.26 Å². The van der Waals surface area contributed by atoms with Crippen molar-refractivity contribution in [3.63, 3.8) is 0 Å². The zero-order chi connectivity index (χ0) is 49.5. The van der Waals surface area contributed by atoms with Crippen molar-refractivity contribution in [2.24, 2.45) is 0 Å². The van der Waals surface area contributed by atoms with E-state index in [4.69, 9.17) is 4.98 Å². The Morgan fingerprint density at radius 1 is 0.333 bits per heavy atom. The van der Waals surface area contributed by atoms with E-state index in [-0.39, 0.29) is 0 Å². The molecule has 0 bridgehead atoms. The van der Waals surface area contributed by atoms with E-state index in [1.165, 1.54) is 66.8 Å². The molecule has 0 unspecified atom stereocenters. The number of hydrogen-bond donors (Lipinski definition) is 0. The van der Waals surface area contributed by atoms with Gasteiger partial charge in [0, 0.05) is 27.1 Å². The van der Waals surface area contributed by atoms with Crippen LogP contribution in [0.25, 0.3) is 111 Å². The van der Waals surface area contributed by atoms with Crippen molar-refractivity contribution in [3.05, 3.63) is 232 Å². The van der Waals surface area contributed by atoms with Gasteiger partial charge in [0.15, 0.2) is 0 Å². The first-order valence-electron chi connectivity index (χ1n) is 24.9. The minimum absolute atomic E-state index is 0.608. The van der Waals surface area contributed by atoms with Crippen molar-refractivity contribution in [2.45, 2.75) is 55.4 Å². The summed E-state index contributed by atoms with van der Waals surface area (Å²) in [6, 6.07) is 65.1. The fraction of sp³-hybridized carbons (Fsp3) is 0.118. The van der Waals surface area contributed by atoms with Crippen LogP contribution in [0.5, 0.6) is 0 Å². The van der Waals surface area contributed by atoms with Crippen LogP contribution in [-0.4, -0.2) is 14.1 Å². The SMILES string of the molecule is Cc1ccc(-c2ccc3c4ccc(-c5ccc(C)cc5C)cc4n(-c4cncc(-n5c6cc(-c7ccc(C)cc7C)ccc6c6ccc(-c7ccc(C)cc7C)cc65)c4-c4ccc(C#N)cc4)c3c2)c(C)c1. The van der Waals surface area contributed by atoms with Gasteiger partial charge in [-0.15, -0.1) is 0 Å². The monoisotopic (exact) mass is 926 g/mol. The normalized spacial score (nSPS) is 11.6. The predicted molar refractivity (Wildman–Crippen MR) is 303 cm³/mol. The second kappa shape index (κ2) is 17.3. The molecule has 0 N–H and O–H groups in total. The van der Waals surface area contributed by atoms with Crippen LogP contribution in [-0.2, 0) is 0 Å². The Bertz CT molecular complexity index is 3790. The van der Waals surface area contributed by atoms with Crippen molar-refractivity contribution in [2.75, 3.05) is 0 Å². The first kappa shape index (κ1) is 44.4. The number of rotatable bonds is 7. The van der Waals surface area contributed by atoms with Gasteiger partial charge in [-0.2, -0.15) is 5.26 Å². The highest BCUT2D eigenvalue weighted by Crippen LogP contribution is 2.45. The van der Waals surface area contributed by atoms with Crippen molar-refractivity contribution in [1.82, 2.24) is 14.1 Å². The van der Waals surface area contributed by atoms with Gasteiger partial charge in [0.25, 0.3) is 0 Å². The second-order valence-corrected chi connectivity index (χ2v) is 20.1. The fourth-order valence-electron chi connectivity index (χ4n) is 11.6. The lowest BCUT2D eigenvalue weighted by Gasteiger charge is -2.20. The van der Waals surface area contributed by atoms with Crippen LogP contribution in [0.4, 0.5) is 0 Å². The maximum atomic E-state index is 10.1. The molecule has 0 aliphatic rings. The summed E-state index contributed by atoms with van der Waals surface area (Å²) in [6.45, 7) is 17.4. The summed E-state index contributed by atoms with van der Waals surface area (Å²) in [5.74, 6) is 0. The third kappa shape index (κ3) is 7.40. The molecule has 4 nitrogen and oxygen atoms in total. The van der Waals surface area contributed by atoms with E-state index in [0.29, 0.717) is 5.56 Å². The lowest BCUT2D eigenvalue weighted by Crippen LogP contribution is -2.05. The Morgan fingerprint density at radius 3 is 0.903 bits per heavy atom. The molecule has 0 aliphatic carbocycles. The highest BCUT2D eigenvalue weighted by Gasteiger charge is 2.24. The predicted octanol–water partition coefficient (Wildman–Crippen LogP) is 17.9. The van der Waals surface area contributed by atoms with Crippen LogP contribution < -0.4 is 0 Å². The number of fused-ring (bicyclic) bond motifs is 6. The lowest BCUT2D eigenvalue weighted by atomic mass is 9.96. The van der Waals surface area contributed by atoms with Gasteiger partial charge in [-0.05, 0) is 164 Å². The smallest absolute Gasteiger partial charge is 0.0991 e. The number of benzene rings is 9. The van der Waals surface area contributed by atoms with Crippen LogP contribution in [0.1, 0.15) is 50.1 Å². The van der Waals surface area contributed by atoms with E-state index >= 15 is 0 Å². The van der Waals surface area contributed by atoms with Crippen LogP contribution in [0, 0.1) is 66.7 Å². The molecule has 0 atom stereocenters. The Kier molecular flexibility index (Phi) is 10.7. The lowest BCUT2D eigenvalue weighted by molar-refractivity contribution is 1.09. The molecule has 0 saturated carbocycles. The van der Waals surface area contributed by atoms with Gasteiger partial charge in [-0.1, -0.05) is 156 Å². The number of nitrogens with zero attached hydrogens (tertiary/aromatic N) is 4. The zero-order valence-electron chi connectivity index (χ0n) is 42.1. The largest absolute Gasteiger partial charge is 0.307 e. The summed E-state index contributed by atoms with van der Waals surface area (Å²) < 4.78 is 4.90. The van der Waals surface area contributed by atoms with Gasteiger partial charge in [-0.25, -0.2) is 0 Å². The molecule has 0 aliphatic heterocycles. The average molecular weight is 927 g/mol. The molecular weight excluding hydrogens is 873 g/mol. The maximum Gasteiger partial charge on any atom is 0.0991 e. The van der Waals surface area contributed by atoms with Gasteiger partial charge in [0.05, 0.1) is 57.5 Å². The van der Waals surface area contributed by atoms with Gasteiger partial charge >= 0.3 is 0 Å². The summed E-state index contributed by atoms with van der Waals surface area (Å²) in [5.41, 5.74) is 28.2. The number of hydrogen-bond acceptors (Lipinski definition) is 2. The van der Waals surface area contributed by atoms with Crippen molar-refractivity contribution in [1.29, 1.82) is 5.26 Å². The van der Waals surface area contributed by atoms with E-state index in [1.54, 1.807) is 0 Å². The molecule has 346 valence electrons. The third-order valence-electron chi connectivity index (χ3n) is 15.0. The number of aromatic nitrogens is 3. The first-order chi connectivity index (χ1) is 34.9. The maximum absolute atomic E-state index is 10.1.